The largest absolute Gasteiger partial charge is 0.339 e. The number of para-hydroxylation sites is 2. The first-order valence-corrected chi connectivity index (χ1v) is 10.4. The lowest BCUT2D eigenvalue weighted by molar-refractivity contribution is -0.116. The zero-order valence-corrected chi connectivity index (χ0v) is 17.3. The van der Waals surface area contributed by atoms with E-state index in [1.807, 2.05) is 78.9 Å². The van der Waals surface area contributed by atoms with Gasteiger partial charge in [-0.1, -0.05) is 47.6 Å². The number of hydrogen-bond acceptors (Lipinski definition) is 5. The highest BCUT2D eigenvalue weighted by atomic mass is 16.5. The Labute approximate surface area is 184 Å². The van der Waals surface area contributed by atoms with Crippen LogP contribution in [0.3, 0.4) is 0 Å². The standard InChI is InChI=1S/C25H21N5O2/c31-23(14-15-24-29-22(30-32-24)16-17-6-2-1-3-7-17)26-19-12-10-18(11-13-19)25-27-20-8-4-5-9-21(20)28-25/h1-13H,14-16H2,(H,26,31)(H,27,28). The van der Waals surface area contributed by atoms with Gasteiger partial charge in [0.2, 0.25) is 11.8 Å². The second kappa shape index (κ2) is 8.85. The first-order valence-electron chi connectivity index (χ1n) is 10.4. The molecule has 2 heterocycles. The van der Waals surface area contributed by atoms with E-state index in [1.54, 1.807) is 0 Å². The van der Waals surface area contributed by atoms with Crippen LogP contribution in [0, 0.1) is 0 Å². The van der Waals surface area contributed by atoms with E-state index in [0.717, 1.165) is 33.7 Å². The van der Waals surface area contributed by atoms with E-state index in [-0.39, 0.29) is 12.3 Å². The molecule has 0 saturated heterocycles. The topological polar surface area (TPSA) is 96.7 Å². The van der Waals surface area contributed by atoms with Crippen molar-refractivity contribution in [3.05, 3.63) is 96.1 Å². The number of nitrogens with zero attached hydrogens (tertiary/aromatic N) is 3. The van der Waals surface area contributed by atoms with Crippen LogP contribution >= 0.6 is 0 Å². The first kappa shape index (κ1) is 19.7. The lowest BCUT2D eigenvalue weighted by Gasteiger charge is -2.05. The van der Waals surface area contributed by atoms with E-state index in [4.69, 9.17) is 4.52 Å². The highest BCUT2D eigenvalue weighted by molar-refractivity contribution is 5.91. The Morgan fingerprint density at radius 2 is 1.69 bits per heavy atom. The minimum Gasteiger partial charge on any atom is -0.339 e. The number of fused-ring (bicyclic) bond motifs is 1. The maximum absolute atomic E-state index is 12.3. The summed E-state index contributed by atoms with van der Waals surface area (Å²) in [5.74, 6) is 1.77. The van der Waals surface area contributed by atoms with E-state index in [1.165, 1.54) is 0 Å². The number of carbonyl (C=O) groups excluding carboxylic acids is 1. The van der Waals surface area contributed by atoms with Crippen LogP contribution in [0.4, 0.5) is 5.69 Å². The molecular weight excluding hydrogens is 402 g/mol. The fraction of sp³-hybridized carbons (Fsp3) is 0.120. The zero-order chi connectivity index (χ0) is 21.8. The smallest absolute Gasteiger partial charge is 0.227 e. The van der Waals surface area contributed by atoms with Crippen molar-refractivity contribution in [2.45, 2.75) is 19.3 Å². The molecule has 0 spiro atoms. The molecule has 2 aromatic heterocycles. The van der Waals surface area contributed by atoms with E-state index in [9.17, 15) is 4.79 Å². The number of aromatic nitrogens is 4. The third-order valence-electron chi connectivity index (χ3n) is 5.11. The average Bonchev–Trinajstić information content (AvgIpc) is 3.46. The van der Waals surface area contributed by atoms with Gasteiger partial charge in [0.1, 0.15) is 5.82 Å². The van der Waals surface area contributed by atoms with Gasteiger partial charge in [-0.3, -0.25) is 4.79 Å². The number of hydrogen-bond donors (Lipinski definition) is 2. The van der Waals surface area contributed by atoms with Crippen molar-refractivity contribution in [2.75, 3.05) is 5.32 Å². The summed E-state index contributed by atoms with van der Waals surface area (Å²) >= 11 is 0. The van der Waals surface area contributed by atoms with Crippen molar-refractivity contribution >= 4 is 22.6 Å². The maximum Gasteiger partial charge on any atom is 0.227 e. The fourth-order valence-electron chi connectivity index (χ4n) is 3.49. The van der Waals surface area contributed by atoms with Crippen molar-refractivity contribution in [3.63, 3.8) is 0 Å². The normalized spacial score (nSPS) is 11.0. The SMILES string of the molecule is O=C(CCc1nc(Cc2ccccc2)no1)Nc1ccc(-c2nc3ccccc3[nH]2)cc1. The summed E-state index contributed by atoms with van der Waals surface area (Å²) in [5.41, 5.74) is 4.71. The molecule has 5 rings (SSSR count). The highest BCUT2D eigenvalue weighted by Crippen LogP contribution is 2.22. The Bertz CT molecular complexity index is 1310. The summed E-state index contributed by atoms with van der Waals surface area (Å²) in [6.45, 7) is 0. The van der Waals surface area contributed by atoms with Crippen LogP contribution in [0.2, 0.25) is 0 Å². The molecule has 0 aliphatic heterocycles. The third kappa shape index (κ3) is 4.57. The Balaban J connectivity index is 1.15. The molecule has 0 saturated carbocycles. The van der Waals surface area contributed by atoms with E-state index < -0.39 is 0 Å². The number of aromatic amines is 1. The number of aryl methyl sites for hydroxylation is 1. The van der Waals surface area contributed by atoms with Gasteiger partial charge >= 0.3 is 0 Å². The van der Waals surface area contributed by atoms with Crippen LogP contribution in [-0.2, 0) is 17.6 Å². The van der Waals surface area contributed by atoms with Crippen LogP contribution in [-0.4, -0.2) is 26.0 Å². The number of rotatable bonds is 7. The molecule has 5 aromatic rings. The van der Waals surface area contributed by atoms with E-state index in [0.29, 0.717) is 24.6 Å². The lowest BCUT2D eigenvalue weighted by Crippen LogP contribution is -2.12. The summed E-state index contributed by atoms with van der Waals surface area (Å²) in [4.78, 5) is 24.6. The molecule has 0 unspecified atom stereocenters. The Morgan fingerprint density at radius 1 is 0.906 bits per heavy atom. The Morgan fingerprint density at radius 3 is 2.50 bits per heavy atom. The predicted octanol–water partition coefficient (Wildman–Crippen LogP) is 4.78. The van der Waals surface area contributed by atoms with Crippen LogP contribution in [0.5, 0.6) is 0 Å². The Kier molecular flexibility index (Phi) is 5.45. The lowest BCUT2D eigenvalue weighted by atomic mass is 10.1. The van der Waals surface area contributed by atoms with Gasteiger partial charge in [-0.25, -0.2) is 4.98 Å². The minimum atomic E-state index is -0.107. The molecule has 3 aromatic carbocycles. The van der Waals surface area contributed by atoms with Gasteiger partial charge in [0, 0.05) is 30.5 Å². The van der Waals surface area contributed by atoms with Crippen LogP contribution < -0.4 is 5.32 Å². The summed E-state index contributed by atoms with van der Waals surface area (Å²) in [7, 11) is 0. The zero-order valence-electron chi connectivity index (χ0n) is 17.3. The minimum absolute atomic E-state index is 0.107. The summed E-state index contributed by atoms with van der Waals surface area (Å²) in [5, 5.41) is 6.91. The second-order valence-electron chi connectivity index (χ2n) is 7.49. The molecule has 0 radical (unpaired) electrons. The van der Waals surface area contributed by atoms with Crippen molar-refractivity contribution in [2.24, 2.45) is 0 Å². The molecule has 7 nitrogen and oxygen atoms in total. The van der Waals surface area contributed by atoms with E-state index in [2.05, 4.69) is 25.4 Å². The monoisotopic (exact) mass is 423 g/mol. The van der Waals surface area contributed by atoms with E-state index >= 15 is 0 Å². The summed E-state index contributed by atoms with van der Waals surface area (Å²) in [6.07, 6.45) is 1.26. The van der Waals surface area contributed by atoms with Gasteiger partial charge in [-0.2, -0.15) is 4.98 Å². The molecule has 7 heteroatoms. The van der Waals surface area contributed by atoms with Gasteiger partial charge in [0.25, 0.3) is 0 Å². The van der Waals surface area contributed by atoms with Crippen molar-refractivity contribution in [1.82, 2.24) is 20.1 Å². The quantitative estimate of drug-likeness (QED) is 0.393. The number of nitrogens with one attached hydrogen (secondary N) is 2. The van der Waals surface area contributed by atoms with Crippen LogP contribution in [0.15, 0.2) is 83.4 Å². The maximum atomic E-state index is 12.3. The second-order valence-corrected chi connectivity index (χ2v) is 7.49. The predicted molar refractivity (Wildman–Crippen MR) is 122 cm³/mol. The van der Waals surface area contributed by atoms with Crippen molar-refractivity contribution < 1.29 is 9.32 Å². The summed E-state index contributed by atoms with van der Waals surface area (Å²) in [6, 6.07) is 25.5. The molecule has 1 amide bonds. The number of carbonyl (C=O) groups is 1. The van der Waals surface area contributed by atoms with Gasteiger partial charge in [-0.05, 0) is 42.0 Å². The highest BCUT2D eigenvalue weighted by Gasteiger charge is 2.11. The van der Waals surface area contributed by atoms with Gasteiger partial charge in [0.05, 0.1) is 11.0 Å². The Hall–Kier alpha value is -4.26. The molecule has 2 N–H and O–H groups in total. The van der Waals surface area contributed by atoms with Crippen LogP contribution in [0.25, 0.3) is 22.4 Å². The molecule has 0 aliphatic rings. The average molecular weight is 423 g/mol. The molecule has 32 heavy (non-hydrogen) atoms. The number of anilines is 1. The fourth-order valence-corrected chi connectivity index (χ4v) is 3.49. The van der Waals surface area contributed by atoms with Gasteiger partial charge in [0.15, 0.2) is 5.82 Å². The van der Waals surface area contributed by atoms with Gasteiger partial charge < -0.3 is 14.8 Å². The molecule has 0 fully saturated rings. The third-order valence-corrected chi connectivity index (χ3v) is 5.11. The van der Waals surface area contributed by atoms with Crippen molar-refractivity contribution in [1.29, 1.82) is 0 Å². The molecule has 0 bridgehead atoms. The van der Waals surface area contributed by atoms with Crippen LogP contribution in [0.1, 0.15) is 23.7 Å². The molecule has 0 atom stereocenters. The number of imidazole rings is 1. The van der Waals surface area contributed by atoms with Crippen molar-refractivity contribution in [3.8, 4) is 11.4 Å². The number of benzene rings is 3. The molecular formula is C25H21N5O2. The molecule has 0 aliphatic carbocycles. The summed E-state index contributed by atoms with van der Waals surface area (Å²) < 4.78 is 5.28. The first-order chi connectivity index (χ1) is 15.7. The van der Waals surface area contributed by atoms with Gasteiger partial charge in [-0.15, -0.1) is 0 Å². The molecule has 158 valence electrons. The number of amides is 1. The number of H-pyrrole nitrogens is 1.